The average Bonchev–Trinajstić information content (AvgIpc) is 2.08. The van der Waals surface area contributed by atoms with Gasteiger partial charge in [0.25, 0.3) is 0 Å². The Hall–Kier alpha value is 0.397. The Balaban J connectivity index is 3.27. The van der Waals surface area contributed by atoms with Crippen LogP contribution in [0.1, 0.15) is 0 Å². The number of benzene rings is 1. The topological polar surface area (TPSA) is 12.0 Å². The summed E-state index contributed by atoms with van der Waals surface area (Å²) in [5.41, 5.74) is 0.634. The van der Waals surface area contributed by atoms with Gasteiger partial charge in [-0.15, -0.1) is 0 Å². The van der Waals surface area contributed by atoms with E-state index in [-0.39, 0.29) is 0 Å². The maximum absolute atomic E-state index is 6.06. The first kappa shape index (κ1) is 13.5. The molecular weight excluding hydrogens is 292 g/mol. The van der Waals surface area contributed by atoms with E-state index in [1.165, 1.54) is 0 Å². The predicted molar refractivity (Wildman–Crippen MR) is 73.5 cm³/mol. The monoisotopic (exact) mass is 301 g/mol. The van der Waals surface area contributed by atoms with Gasteiger partial charge < -0.3 is 4.98 Å². The maximum atomic E-state index is 6.06. The molecule has 1 rings (SSSR count). The molecule has 0 aliphatic heterocycles. The lowest BCUT2D eigenvalue weighted by molar-refractivity contribution is 1.57. The molecule has 0 spiro atoms. The molecule has 0 amide bonds. The molecule has 84 valence electrons. The van der Waals surface area contributed by atoms with Crippen molar-refractivity contribution in [1.82, 2.24) is 0 Å². The zero-order valence-corrected chi connectivity index (χ0v) is 12.6. The minimum Gasteiger partial charge on any atom is -0.408 e. The Morgan fingerprint density at radius 1 is 0.933 bits per heavy atom. The van der Waals surface area contributed by atoms with Crippen LogP contribution in [0.25, 0.3) is 0 Å². The van der Waals surface area contributed by atoms with Gasteiger partial charge in [0.05, 0.1) is 25.8 Å². The molecule has 1 aromatic carbocycles. The average molecular weight is 303 g/mol. The molecule has 15 heavy (non-hydrogen) atoms. The highest BCUT2D eigenvalue weighted by atomic mass is 35.5. The van der Waals surface area contributed by atoms with Gasteiger partial charge in [-0.1, -0.05) is 66.0 Å². The lowest BCUT2D eigenvalue weighted by atomic mass is 10.3. The summed E-state index contributed by atoms with van der Waals surface area (Å²) < 4.78 is 0. The first-order chi connectivity index (χ1) is 6.72. The van der Waals surface area contributed by atoms with Crippen LogP contribution in [0.4, 0.5) is 5.69 Å². The van der Waals surface area contributed by atoms with Crippen molar-refractivity contribution in [3.8, 4) is 0 Å². The van der Waals surface area contributed by atoms with E-state index >= 15 is 0 Å². The second-order valence-electron chi connectivity index (χ2n) is 4.22. The van der Waals surface area contributed by atoms with Gasteiger partial charge in [0.2, 0.25) is 0 Å². The van der Waals surface area contributed by atoms with Crippen LogP contribution in [0.15, 0.2) is 6.07 Å². The van der Waals surface area contributed by atoms with Gasteiger partial charge in [0, 0.05) is 0 Å². The lowest BCUT2D eigenvalue weighted by Crippen LogP contribution is -2.32. The smallest absolute Gasteiger partial charge is 0.144 e. The molecule has 1 nitrogen and oxygen atoms in total. The Labute approximate surface area is 111 Å². The number of halogens is 4. The summed E-state index contributed by atoms with van der Waals surface area (Å²) in [5.74, 6) is 0. The molecular formula is C9H11Cl4NSi. The van der Waals surface area contributed by atoms with Crippen LogP contribution < -0.4 is 4.98 Å². The lowest BCUT2D eigenvalue weighted by Gasteiger charge is -2.22. The van der Waals surface area contributed by atoms with Gasteiger partial charge in [-0.05, 0) is 6.07 Å². The van der Waals surface area contributed by atoms with Crippen molar-refractivity contribution in [3.05, 3.63) is 26.2 Å². The molecule has 0 unspecified atom stereocenters. The molecule has 1 N–H and O–H groups in total. The zero-order valence-electron chi connectivity index (χ0n) is 8.59. The molecule has 0 atom stereocenters. The van der Waals surface area contributed by atoms with E-state index in [0.717, 1.165) is 0 Å². The Morgan fingerprint density at radius 3 is 1.67 bits per heavy atom. The van der Waals surface area contributed by atoms with Crippen LogP contribution in [0.3, 0.4) is 0 Å². The number of anilines is 1. The predicted octanol–water partition coefficient (Wildman–Crippen LogP) is 5.55. The highest BCUT2D eigenvalue weighted by Gasteiger charge is 2.20. The first-order valence-electron chi connectivity index (χ1n) is 4.33. The molecule has 0 aliphatic carbocycles. The summed E-state index contributed by atoms with van der Waals surface area (Å²) in [4.78, 5) is 3.31. The van der Waals surface area contributed by atoms with E-state index in [1.54, 1.807) is 6.07 Å². The Bertz CT molecular complexity index is 360. The number of hydrogen-bond donors (Lipinski definition) is 1. The van der Waals surface area contributed by atoms with Crippen molar-refractivity contribution in [2.75, 3.05) is 4.98 Å². The number of rotatable bonds is 2. The SMILES string of the molecule is C[Si](C)(C)Nc1c(Cl)c(Cl)cc(Cl)c1Cl. The molecule has 0 saturated carbocycles. The van der Waals surface area contributed by atoms with Crippen LogP contribution in [0.2, 0.25) is 39.7 Å². The van der Waals surface area contributed by atoms with E-state index in [0.29, 0.717) is 25.8 Å². The Kier molecular flexibility index (Phi) is 4.24. The molecule has 0 radical (unpaired) electrons. The summed E-state index contributed by atoms with van der Waals surface area (Å²) in [6, 6.07) is 1.54. The van der Waals surface area contributed by atoms with Gasteiger partial charge in [0.15, 0.2) is 0 Å². The van der Waals surface area contributed by atoms with Crippen molar-refractivity contribution < 1.29 is 0 Å². The maximum Gasteiger partial charge on any atom is 0.144 e. The first-order valence-corrected chi connectivity index (χ1v) is 9.35. The van der Waals surface area contributed by atoms with Crippen LogP contribution in [-0.2, 0) is 0 Å². The molecule has 0 saturated heterocycles. The van der Waals surface area contributed by atoms with Crippen molar-refractivity contribution in [2.45, 2.75) is 19.6 Å². The number of nitrogens with one attached hydrogen (secondary N) is 1. The van der Waals surface area contributed by atoms with Crippen LogP contribution in [0.5, 0.6) is 0 Å². The fraction of sp³-hybridized carbons (Fsp3) is 0.333. The molecule has 0 aliphatic rings. The van der Waals surface area contributed by atoms with E-state index in [4.69, 9.17) is 46.4 Å². The van der Waals surface area contributed by atoms with E-state index < -0.39 is 8.24 Å². The van der Waals surface area contributed by atoms with E-state index in [2.05, 4.69) is 24.6 Å². The molecule has 6 heteroatoms. The van der Waals surface area contributed by atoms with Gasteiger partial charge in [-0.3, -0.25) is 0 Å². The summed E-state index contributed by atoms with van der Waals surface area (Å²) in [6.07, 6.45) is 0. The summed E-state index contributed by atoms with van der Waals surface area (Å²) in [7, 11) is -1.54. The van der Waals surface area contributed by atoms with Crippen LogP contribution in [-0.4, -0.2) is 8.24 Å². The third kappa shape index (κ3) is 3.43. The Morgan fingerprint density at radius 2 is 1.33 bits per heavy atom. The minimum absolute atomic E-state index is 0.409. The van der Waals surface area contributed by atoms with Crippen molar-refractivity contribution in [3.63, 3.8) is 0 Å². The van der Waals surface area contributed by atoms with Crippen molar-refractivity contribution >= 4 is 60.3 Å². The van der Waals surface area contributed by atoms with Crippen molar-refractivity contribution in [1.29, 1.82) is 0 Å². The molecule has 0 fully saturated rings. The normalized spacial score (nSPS) is 11.7. The summed E-state index contributed by atoms with van der Waals surface area (Å²) in [6.45, 7) is 6.40. The van der Waals surface area contributed by atoms with E-state index in [9.17, 15) is 0 Å². The van der Waals surface area contributed by atoms with Crippen molar-refractivity contribution in [2.24, 2.45) is 0 Å². The standard InChI is InChI=1S/C9H11Cl4NSi/c1-15(2,3)14-9-7(12)5(10)4-6(11)8(9)13/h4,14H,1-3H3. The second-order valence-corrected chi connectivity index (χ2v) is 10.5. The van der Waals surface area contributed by atoms with E-state index in [1.807, 2.05) is 0 Å². The third-order valence-electron chi connectivity index (χ3n) is 1.61. The second kappa shape index (κ2) is 4.72. The van der Waals surface area contributed by atoms with Gasteiger partial charge in [-0.2, -0.15) is 0 Å². The molecule has 1 aromatic rings. The third-order valence-corrected chi connectivity index (χ3v) is 4.19. The van der Waals surface area contributed by atoms with Gasteiger partial charge >= 0.3 is 0 Å². The van der Waals surface area contributed by atoms with Crippen LogP contribution >= 0.6 is 46.4 Å². The largest absolute Gasteiger partial charge is 0.408 e. The minimum atomic E-state index is -1.54. The summed E-state index contributed by atoms with van der Waals surface area (Å²) in [5, 5.41) is 1.67. The molecule has 0 bridgehead atoms. The molecule has 0 aromatic heterocycles. The van der Waals surface area contributed by atoms with Gasteiger partial charge in [0.1, 0.15) is 8.24 Å². The highest BCUT2D eigenvalue weighted by Crippen LogP contribution is 2.41. The van der Waals surface area contributed by atoms with Crippen LogP contribution in [0, 0.1) is 0 Å². The fourth-order valence-electron chi connectivity index (χ4n) is 1.06. The highest BCUT2D eigenvalue weighted by molar-refractivity contribution is 6.79. The molecule has 0 heterocycles. The quantitative estimate of drug-likeness (QED) is 0.558. The van der Waals surface area contributed by atoms with Gasteiger partial charge in [-0.25, -0.2) is 0 Å². The number of hydrogen-bond acceptors (Lipinski definition) is 1. The zero-order chi connectivity index (χ0) is 11.8. The summed E-state index contributed by atoms with van der Waals surface area (Å²) >= 11 is 24.0. The fourth-order valence-corrected chi connectivity index (χ4v) is 3.12.